The van der Waals surface area contributed by atoms with Crippen molar-refractivity contribution in [3.8, 4) is 0 Å². The zero-order chi connectivity index (χ0) is 14.8. The normalized spacial score (nSPS) is 11.5. The van der Waals surface area contributed by atoms with Crippen molar-refractivity contribution in [2.24, 2.45) is 4.99 Å². The predicted molar refractivity (Wildman–Crippen MR) is 85.0 cm³/mol. The third-order valence-electron chi connectivity index (χ3n) is 2.44. The van der Waals surface area contributed by atoms with Crippen LogP contribution in [0.5, 0.6) is 0 Å². The molecule has 0 spiro atoms. The van der Waals surface area contributed by atoms with Gasteiger partial charge < -0.3 is 16.0 Å². The Morgan fingerprint density at radius 3 is 2.80 bits per heavy atom. The van der Waals surface area contributed by atoms with Crippen LogP contribution in [-0.4, -0.2) is 31.0 Å². The molecule has 0 radical (unpaired) electrons. The van der Waals surface area contributed by atoms with Crippen LogP contribution in [0.2, 0.25) is 0 Å². The van der Waals surface area contributed by atoms with Crippen molar-refractivity contribution in [3.05, 3.63) is 22.4 Å². The van der Waals surface area contributed by atoms with Gasteiger partial charge in [0.1, 0.15) is 0 Å². The first-order valence-corrected chi connectivity index (χ1v) is 7.88. The molecule has 6 heteroatoms. The summed E-state index contributed by atoms with van der Waals surface area (Å²) < 4.78 is 0. The molecular weight excluding hydrogens is 272 g/mol. The van der Waals surface area contributed by atoms with Gasteiger partial charge in [0.25, 0.3) is 0 Å². The van der Waals surface area contributed by atoms with Gasteiger partial charge in [-0.3, -0.25) is 4.79 Å². The van der Waals surface area contributed by atoms with Gasteiger partial charge in [-0.1, -0.05) is 0 Å². The standard InChI is InChI=1S/C14H24N4OS/c1-4-15-14(17-9-12-6-8-20-10-12)16-7-5-13(19)18-11(2)3/h6,8,10-11H,4-5,7,9H2,1-3H3,(H,18,19)(H2,15,16,17). The van der Waals surface area contributed by atoms with Crippen molar-refractivity contribution in [2.45, 2.75) is 39.8 Å². The van der Waals surface area contributed by atoms with E-state index < -0.39 is 0 Å². The summed E-state index contributed by atoms with van der Waals surface area (Å²) in [6, 6.07) is 2.25. The topological polar surface area (TPSA) is 65.5 Å². The summed E-state index contributed by atoms with van der Waals surface area (Å²) in [5.41, 5.74) is 1.20. The van der Waals surface area contributed by atoms with Crippen molar-refractivity contribution < 1.29 is 4.79 Å². The molecule has 0 unspecified atom stereocenters. The molecule has 0 fully saturated rings. The Bertz CT molecular complexity index is 415. The Labute approximate surface area is 124 Å². The fraction of sp³-hybridized carbons (Fsp3) is 0.571. The summed E-state index contributed by atoms with van der Waals surface area (Å²) in [4.78, 5) is 16.0. The lowest BCUT2D eigenvalue weighted by Crippen LogP contribution is -2.40. The Morgan fingerprint density at radius 2 is 2.20 bits per heavy atom. The van der Waals surface area contributed by atoms with E-state index >= 15 is 0 Å². The number of hydrogen-bond acceptors (Lipinski definition) is 3. The first kappa shape index (κ1) is 16.5. The zero-order valence-electron chi connectivity index (χ0n) is 12.4. The van der Waals surface area contributed by atoms with Gasteiger partial charge >= 0.3 is 0 Å². The van der Waals surface area contributed by atoms with Gasteiger partial charge in [-0.2, -0.15) is 11.3 Å². The molecule has 0 aliphatic rings. The summed E-state index contributed by atoms with van der Waals surface area (Å²) in [6.45, 7) is 7.96. The largest absolute Gasteiger partial charge is 0.357 e. The highest BCUT2D eigenvalue weighted by atomic mass is 32.1. The third-order valence-corrected chi connectivity index (χ3v) is 3.17. The molecular formula is C14H24N4OS. The van der Waals surface area contributed by atoms with Crippen molar-refractivity contribution in [3.63, 3.8) is 0 Å². The molecule has 3 N–H and O–H groups in total. The van der Waals surface area contributed by atoms with Crippen LogP contribution >= 0.6 is 11.3 Å². The molecule has 0 bridgehead atoms. The van der Waals surface area contributed by atoms with Crippen LogP contribution in [0.4, 0.5) is 0 Å². The molecule has 0 aliphatic carbocycles. The van der Waals surface area contributed by atoms with Crippen LogP contribution in [0.1, 0.15) is 32.8 Å². The molecule has 1 amide bonds. The van der Waals surface area contributed by atoms with Gasteiger partial charge in [0, 0.05) is 25.6 Å². The fourth-order valence-corrected chi connectivity index (χ4v) is 2.24. The van der Waals surface area contributed by atoms with Crippen LogP contribution in [0.25, 0.3) is 0 Å². The van der Waals surface area contributed by atoms with Crippen LogP contribution < -0.4 is 16.0 Å². The Morgan fingerprint density at radius 1 is 1.40 bits per heavy atom. The van der Waals surface area contributed by atoms with Gasteiger partial charge in [0.2, 0.25) is 5.91 Å². The van der Waals surface area contributed by atoms with Crippen molar-refractivity contribution in [2.75, 3.05) is 13.1 Å². The zero-order valence-corrected chi connectivity index (χ0v) is 13.2. The molecule has 112 valence electrons. The Kier molecular flexibility index (Phi) is 7.72. The summed E-state index contributed by atoms with van der Waals surface area (Å²) >= 11 is 1.67. The number of hydrogen-bond donors (Lipinski definition) is 3. The monoisotopic (exact) mass is 296 g/mol. The van der Waals surface area contributed by atoms with Crippen LogP contribution in [0.3, 0.4) is 0 Å². The van der Waals surface area contributed by atoms with Crippen LogP contribution in [-0.2, 0) is 11.3 Å². The molecule has 1 aromatic rings. The molecule has 5 nitrogen and oxygen atoms in total. The van der Waals surface area contributed by atoms with E-state index in [-0.39, 0.29) is 11.9 Å². The molecule has 1 aromatic heterocycles. The summed E-state index contributed by atoms with van der Waals surface area (Å²) in [6.07, 6.45) is 0.445. The highest BCUT2D eigenvalue weighted by Crippen LogP contribution is 2.06. The van der Waals surface area contributed by atoms with Crippen LogP contribution in [0, 0.1) is 0 Å². The Balaban J connectivity index is 2.35. The van der Waals surface area contributed by atoms with E-state index in [0.717, 1.165) is 12.5 Å². The second kappa shape index (κ2) is 9.36. The molecule has 0 saturated carbocycles. The predicted octanol–water partition coefficient (Wildman–Crippen LogP) is 1.72. The van der Waals surface area contributed by atoms with E-state index in [2.05, 4.69) is 32.4 Å². The molecule has 1 heterocycles. The van der Waals surface area contributed by atoms with E-state index in [1.165, 1.54) is 5.56 Å². The lowest BCUT2D eigenvalue weighted by atomic mass is 10.3. The van der Waals surface area contributed by atoms with Gasteiger partial charge in [-0.05, 0) is 43.2 Å². The number of nitrogens with one attached hydrogen (secondary N) is 3. The SMILES string of the molecule is CCNC(=NCc1ccsc1)NCCC(=O)NC(C)C. The maximum Gasteiger partial charge on any atom is 0.221 e. The van der Waals surface area contributed by atoms with E-state index in [0.29, 0.717) is 19.5 Å². The smallest absolute Gasteiger partial charge is 0.221 e. The van der Waals surface area contributed by atoms with E-state index in [1.807, 2.05) is 26.2 Å². The molecule has 1 rings (SSSR count). The first-order chi connectivity index (χ1) is 9.61. The molecule has 20 heavy (non-hydrogen) atoms. The lowest BCUT2D eigenvalue weighted by molar-refractivity contribution is -0.121. The fourth-order valence-electron chi connectivity index (χ4n) is 1.58. The van der Waals surface area contributed by atoms with Gasteiger partial charge in [-0.15, -0.1) is 0 Å². The third kappa shape index (κ3) is 7.13. The minimum absolute atomic E-state index is 0.0567. The number of rotatable bonds is 7. The summed E-state index contributed by atoms with van der Waals surface area (Å²) in [5, 5.41) is 13.3. The quantitative estimate of drug-likeness (QED) is 0.530. The molecule has 0 aromatic carbocycles. The highest BCUT2D eigenvalue weighted by Gasteiger charge is 2.03. The van der Waals surface area contributed by atoms with E-state index in [4.69, 9.17) is 0 Å². The minimum Gasteiger partial charge on any atom is -0.357 e. The molecule has 0 saturated heterocycles. The first-order valence-electron chi connectivity index (χ1n) is 6.94. The Hall–Kier alpha value is -1.56. The maximum absolute atomic E-state index is 11.5. The number of thiophene rings is 1. The highest BCUT2D eigenvalue weighted by molar-refractivity contribution is 7.07. The van der Waals surface area contributed by atoms with Gasteiger partial charge in [-0.25, -0.2) is 4.99 Å². The van der Waals surface area contributed by atoms with Gasteiger partial charge in [0.15, 0.2) is 5.96 Å². The van der Waals surface area contributed by atoms with Crippen molar-refractivity contribution in [1.82, 2.24) is 16.0 Å². The summed E-state index contributed by atoms with van der Waals surface area (Å²) in [7, 11) is 0. The summed E-state index contributed by atoms with van der Waals surface area (Å²) in [5.74, 6) is 0.803. The number of guanidine groups is 1. The molecule has 0 aliphatic heterocycles. The number of carbonyl (C=O) groups is 1. The van der Waals surface area contributed by atoms with Gasteiger partial charge in [0.05, 0.1) is 6.54 Å². The lowest BCUT2D eigenvalue weighted by Gasteiger charge is -2.12. The van der Waals surface area contributed by atoms with E-state index in [1.54, 1.807) is 11.3 Å². The molecule has 0 atom stereocenters. The van der Waals surface area contributed by atoms with Crippen LogP contribution in [0.15, 0.2) is 21.8 Å². The number of amides is 1. The van der Waals surface area contributed by atoms with E-state index in [9.17, 15) is 4.79 Å². The van der Waals surface area contributed by atoms with Crippen molar-refractivity contribution in [1.29, 1.82) is 0 Å². The minimum atomic E-state index is 0.0567. The second-order valence-corrected chi connectivity index (χ2v) is 5.51. The average Bonchev–Trinajstić information content (AvgIpc) is 2.88. The number of nitrogens with zero attached hydrogens (tertiary/aromatic N) is 1. The second-order valence-electron chi connectivity index (χ2n) is 4.73. The maximum atomic E-state index is 11.5. The number of aliphatic imine (C=N–C) groups is 1. The average molecular weight is 296 g/mol. The van der Waals surface area contributed by atoms with Crippen molar-refractivity contribution >= 4 is 23.2 Å². The number of carbonyl (C=O) groups excluding carboxylic acids is 1.